The number of methoxy groups -OCH3 is 1. The number of pyridine rings is 2. The van der Waals surface area contributed by atoms with Gasteiger partial charge < -0.3 is 4.74 Å². The summed E-state index contributed by atoms with van der Waals surface area (Å²) in [6.45, 7) is 0. The van der Waals surface area contributed by atoms with E-state index < -0.39 is 0 Å². The summed E-state index contributed by atoms with van der Waals surface area (Å²) in [5.41, 5.74) is 4.56. The Labute approximate surface area is 131 Å². The second-order valence-corrected chi connectivity index (χ2v) is 5.31. The highest BCUT2D eigenvalue weighted by atomic mass is 16.5. The van der Waals surface area contributed by atoms with E-state index in [2.05, 4.69) is 52.7 Å². The van der Waals surface area contributed by atoms with E-state index in [1.165, 1.54) is 11.3 Å². The number of nitrogens with zero attached hydrogens (tertiary/aromatic N) is 2. The molecule has 3 nitrogen and oxygen atoms in total. The van der Waals surface area contributed by atoms with Crippen LogP contribution in [0.2, 0.25) is 0 Å². The molecular formula is C19H20N2O+2. The van der Waals surface area contributed by atoms with Crippen LogP contribution in [0.3, 0.4) is 0 Å². The maximum absolute atomic E-state index is 5.56. The molecule has 2 aromatic heterocycles. The van der Waals surface area contributed by atoms with Crippen molar-refractivity contribution in [3.05, 3.63) is 67.0 Å². The lowest BCUT2D eigenvalue weighted by atomic mass is 10.0. The van der Waals surface area contributed by atoms with Gasteiger partial charge in [0.25, 0.3) is 0 Å². The van der Waals surface area contributed by atoms with Gasteiger partial charge in [0.05, 0.1) is 12.7 Å². The Bertz CT molecular complexity index is 812. The van der Waals surface area contributed by atoms with Crippen molar-refractivity contribution >= 4 is 0 Å². The van der Waals surface area contributed by atoms with Gasteiger partial charge in [-0.05, 0) is 30.3 Å². The molecule has 0 saturated heterocycles. The SMILES string of the molecule is COc1ccc(-c2cccc[n+]2C)cc1-c1cccc[n+]1C. The van der Waals surface area contributed by atoms with Crippen molar-refractivity contribution in [1.82, 2.24) is 0 Å². The Hall–Kier alpha value is -2.68. The number of benzene rings is 1. The van der Waals surface area contributed by atoms with Gasteiger partial charge in [-0.3, -0.25) is 0 Å². The first-order valence-corrected chi connectivity index (χ1v) is 7.29. The number of aryl methyl sites for hydroxylation is 2. The number of hydrogen-bond acceptors (Lipinski definition) is 1. The molecule has 0 spiro atoms. The highest BCUT2D eigenvalue weighted by molar-refractivity contribution is 5.72. The predicted octanol–water partition coefficient (Wildman–Crippen LogP) is 2.68. The van der Waals surface area contributed by atoms with Gasteiger partial charge in [-0.15, -0.1) is 0 Å². The first kappa shape index (κ1) is 14.3. The van der Waals surface area contributed by atoms with E-state index in [-0.39, 0.29) is 0 Å². The highest BCUT2D eigenvalue weighted by Crippen LogP contribution is 2.31. The molecule has 3 aromatic rings. The summed E-state index contributed by atoms with van der Waals surface area (Å²) < 4.78 is 9.78. The topological polar surface area (TPSA) is 17.0 Å². The minimum absolute atomic E-state index is 0.879. The summed E-state index contributed by atoms with van der Waals surface area (Å²) in [6, 6.07) is 18.7. The van der Waals surface area contributed by atoms with E-state index in [0.717, 1.165) is 17.0 Å². The summed E-state index contributed by atoms with van der Waals surface area (Å²) in [5, 5.41) is 0. The van der Waals surface area contributed by atoms with E-state index in [1.807, 2.05) is 37.5 Å². The molecule has 0 N–H and O–H groups in total. The average Bonchev–Trinajstić information content (AvgIpc) is 2.55. The zero-order valence-electron chi connectivity index (χ0n) is 13.2. The van der Waals surface area contributed by atoms with Gasteiger partial charge in [0.1, 0.15) is 19.8 Å². The fourth-order valence-corrected chi connectivity index (χ4v) is 2.69. The average molecular weight is 292 g/mol. The highest BCUT2D eigenvalue weighted by Gasteiger charge is 2.17. The maximum Gasteiger partial charge on any atom is 0.216 e. The molecule has 0 unspecified atom stereocenters. The van der Waals surface area contributed by atoms with Crippen molar-refractivity contribution in [2.45, 2.75) is 0 Å². The second kappa shape index (κ2) is 5.98. The Balaban J connectivity index is 2.20. The molecule has 0 radical (unpaired) electrons. The molecule has 0 aliphatic rings. The summed E-state index contributed by atoms with van der Waals surface area (Å²) in [6.07, 6.45) is 4.10. The largest absolute Gasteiger partial charge is 0.496 e. The molecule has 0 saturated carbocycles. The van der Waals surface area contributed by atoms with Gasteiger partial charge in [-0.1, -0.05) is 0 Å². The number of hydrogen-bond donors (Lipinski definition) is 0. The molecule has 110 valence electrons. The maximum atomic E-state index is 5.56. The van der Waals surface area contributed by atoms with Crippen LogP contribution in [0.15, 0.2) is 67.0 Å². The van der Waals surface area contributed by atoms with Gasteiger partial charge in [0, 0.05) is 29.8 Å². The molecule has 0 fully saturated rings. The van der Waals surface area contributed by atoms with Gasteiger partial charge in [0.15, 0.2) is 12.4 Å². The van der Waals surface area contributed by atoms with Crippen LogP contribution in [-0.4, -0.2) is 7.11 Å². The minimum atomic E-state index is 0.879. The van der Waals surface area contributed by atoms with Crippen molar-refractivity contribution in [3.63, 3.8) is 0 Å². The Morgan fingerprint density at radius 3 is 2.00 bits per heavy atom. The number of ether oxygens (including phenoxy) is 1. The summed E-state index contributed by atoms with van der Waals surface area (Å²) in [7, 11) is 5.82. The van der Waals surface area contributed by atoms with E-state index in [4.69, 9.17) is 4.74 Å². The molecule has 3 rings (SSSR count). The van der Waals surface area contributed by atoms with Crippen LogP contribution < -0.4 is 13.9 Å². The lowest BCUT2D eigenvalue weighted by Gasteiger charge is -2.09. The van der Waals surface area contributed by atoms with Gasteiger partial charge >= 0.3 is 0 Å². The predicted molar refractivity (Wildman–Crippen MR) is 86.2 cm³/mol. The molecule has 0 atom stereocenters. The van der Waals surface area contributed by atoms with Crippen LogP contribution in [0.4, 0.5) is 0 Å². The molecular weight excluding hydrogens is 272 g/mol. The number of rotatable bonds is 3. The van der Waals surface area contributed by atoms with Crippen molar-refractivity contribution in [3.8, 4) is 28.3 Å². The third-order valence-electron chi connectivity index (χ3n) is 3.88. The summed E-state index contributed by atoms with van der Waals surface area (Å²) in [4.78, 5) is 0. The van der Waals surface area contributed by atoms with E-state index in [0.29, 0.717) is 0 Å². The lowest BCUT2D eigenvalue weighted by Crippen LogP contribution is -2.30. The van der Waals surface area contributed by atoms with Crippen LogP contribution >= 0.6 is 0 Å². The van der Waals surface area contributed by atoms with Gasteiger partial charge in [-0.25, -0.2) is 9.13 Å². The Kier molecular flexibility index (Phi) is 3.88. The fourth-order valence-electron chi connectivity index (χ4n) is 2.69. The smallest absolute Gasteiger partial charge is 0.216 e. The molecule has 0 amide bonds. The normalized spacial score (nSPS) is 10.5. The minimum Gasteiger partial charge on any atom is -0.496 e. The van der Waals surface area contributed by atoms with Crippen molar-refractivity contribution < 1.29 is 13.9 Å². The molecule has 1 aromatic carbocycles. The van der Waals surface area contributed by atoms with Crippen LogP contribution in [0.1, 0.15) is 0 Å². The third kappa shape index (κ3) is 2.58. The monoisotopic (exact) mass is 292 g/mol. The molecule has 0 aliphatic heterocycles. The van der Waals surface area contributed by atoms with Crippen molar-refractivity contribution in [2.24, 2.45) is 14.1 Å². The van der Waals surface area contributed by atoms with Crippen LogP contribution in [0.25, 0.3) is 22.5 Å². The molecule has 0 aliphatic carbocycles. The first-order valence-electron chi connectivity index (χ1n) is 7.29. The Morgan fingerprint density at radius 2 is 1.41 bits per heavy atom. The molecule has 3 heteroatoms. The summed E-state index contributed by atoms with van der Waals surface area (Å²) in [5.74, 6) is 0.879. The second-order valence-electron chi connectivity index (χ2n) is 5.31. The van der Waals surface area contributed by atoms with Crippen molar-refractivity contribution in [2.75, 3.05) is 7.11 Å². The van der Waals surface area contributed by atoms with E-state index in [1.54, 1.807) is 7.11 Å². The van der Waals surface area contributed by atoms with E-state index in [9.17, 15) is 0 Å². The van der Waals surface area contributed by atoms with Crippen molar-refractivity contribution in [1.29, 1.82) is 0 Å². The first-order chi connectivity index (χ1) is 10.7. The third-order valence-corrected chi connectivity index (χ3v) is 3.88. The van der Waals surface area contributed by atoms with Crippen LogP contribution in [0, 0.1) is 0 Å². The van der Waals surface area contributed by atoms with E-state index >= 15 is 0 Å². The zero-order chi connectivity index (χ0) is 15.5. The fraction of sp³-hybridized carbons (Fsp3) is 0.158. The standard InChI is InChI=1S/C19H20N2O/c1-20-12-6-4-8-17(20)15-10-11-19(22-3)16(14-15)18-9-5-7-13-21(18)2/h4-14H,1-3H3/q+2. The zero-order valence-corrected chi connectivity index (χ0v) is 13.2. The molecule has 22 heavy (non-hydrogen) atoms. The van der Waals surface area contributed by atoms with Gasteiger partial charge in [0.2, 0.25) is 11.4 Å². The van der Waals surface area contributed by atoms with Crippen LogP contribution in [-0.2, 0) is 14.1 Å². The Morgan fingerprint density at radius 1 is 0.773 bits per heavy atom. The quantitative estimate of drug-likeness (QED) is 0.678. The molecule has 0 bridgehead atoms. The summed E-state index contributed by atoms with van der Waals surface area (Å²) >= 11 is 0. The molecule has 2 heterocycles. The number of aromatic nitrogens is 2. The van der Waals surface area contributed by atoms with Gasteiger partial charge in [-0.2, -0.15) is 0 Å². The van der Waals surface area contributed by atoms with Crippen LogP contribution in [0.5, 0.6) is 5.75 Å². The lowest BCUT2D eigenvalue weighted by molar-refractivity contribution is -0.660.